The van der Waals surface area contributed by atoms with Crippen molar-refractivity contribution in [1.29, 1.82) is 0 Å². The van der Waals surface area contributed by atoms with Crippen LogP contribution in [0.25, 0.3) is 0 Å². The summed E-state index contributed by atoms with van der Waals surface area (Å²) in [4.78, 5) is 2.67. The summed E-state index contributed by atoms with van der Waals surface area (Å²) in [5, 5.41) is 3.65. The lowest BCUT2D eigenvalue weighted by Crippen LogP contribution is -2.37. The Hall–Kier alpha value is -0.380. The number of benzene rings is 1. The van der Waals surface area contributed by atoms with Crippen molar-refractivity contribution >= 4 is 15.9 Å². The number of rotatable bonds is 7. The zero-order valence-corrected chi connectivity index (χ0v) is 15.0. The molecule has 0 bridgehead atoms. The van der Waals surface area contributed by atoms with Gasteiger partial charge in [0.05, 0.1) is 0 Å². The molecule has 1 aromatic rings. The van der Waals surface area contributed by atoms with Gasteiger partial charge in [-0.05, 0) is 56.4 Å². The third-order valence-corrected chi connectivity index (χ3v) is 5.37. The molecule has 1 heterocycles. The second kappa shape index (κ2) is 8.92. The van der Waals surface area contributed by atoms with Gasteiger partial charge in [0.15, 0.2) is 0 Å². The first-order valence-electron chi connectivity index (χ1n) is 8.44. The maximum atomic E-state index is 3.70. The average molecular weight is 353 g/mol. The van der Waals surface area contributed by atoms with Gasteiger partial charge in [-0.25, -0.2) is 0 Å². The van der Waals surface area contributed by atoms with E-state index in [0.29, 0.717) is 6.04 Å². The Labute approximate surface area is 138 Å². The van der Waals surface area contributed by atoms with Crippen LogP contribution in [0, 0.1) is 5.92 Å². The predicted molar refractivity (Wildman–Crippen MR) is 94.6 cm³/mol. The van der Waals surface area contributed by atoms with Gasteiger partial charge in [-0.1, -0.05) is 54.4 Å². The van der Waals surface area contributed by atoms with E-state index < -0.39 is 0 Å². The fourth-order valence-electron chi connectivity index (χ4n) is 3.37. The minimum absolute atomic E-state index is 0.451. The number of nitrogens with one attached hydrogen (secondary N) is 1. The molecule has 1 aromatic carbocycles. The van der Waals surface area contributed by atoms with Crippen molar-refractivity contribution in [2.24, 2.45) is 5.92 Å². The molecule has 0 saturated carbocycles. The summed E-state index contributed by atoms with van der Waals surface area (Å²) >= 11 is 3.70. The molecule has 1 aliphatic heterocycles. The van der Waals surface area contributed by atoms with Gasteiger partial charge in [-0.2, -0.15) is 0 Å². The summed E-state index contributed by atoms with van der Waals surface area (Å²) in [5.74, 6) is 0.916. The molecule has 0 aromatic heterocycles. The molecule has 21 heavy (non-hydrogen) atoms. The summed E-state index contributed by atoms with van der Waals surface area (Å²) in [6, 6.07) is 9.06. The molecule has 3 heteroatoms. The van der Waals surface area contributed by atoms with E-state index in [1.54, 1.807) is 0 Å². The van der Waals surface area contributed by atoms with E-state index >= 15 is 0 Å². The van der Waals surface area contributed by atoms with Crippen LogP contribution in [-0.2, 0) is 0 Å². The van der Waals surface area contributed by atoms with Crippen LogP contribution in [0.15, 0.2) is 28.7 Å². The van der Waals surface area contributed by atoms with E-state index in [4.69, 9.17) is 0 Å². The molecular weight excluding hydrogens is 324 g/mol. The molecular formula is C18H29BrN2. The fraction of sp³-hybridized carbons (Fsp3) is 0.667. The number of nitrogens with zero attached hydrogens (tertiary/aromatic N) is 1. The molecule has 2 nitrogen and oxygen atoms in total. The van der Waals surface area contributed by atoms with Crippen LogP contribution in [0.2, 0.25) is 0 Å². The number of likely N-dealkylation sites (tertiary alicyclic amines) is 1. The van der Waals surface area contributed by atoms with Gasteiger partial charge in [-0.15, -0.1) is 0 Å². The topological polar surface area (TPSA) is 15.3 Å². The van der Waals surface area contributed by atoms with Gasteiger partial charge in [0.1, 0.15) is 0 Å². The molecule has 2 rings (SSSR count). The highest BCUT2D eigenvalue weighted by molar-refractivity contribution is 9.10. The second-order valence-electron chi connectivity index (χ2n) is 6.14. The van der Waals surface area contributed by atoms with Gasteiger partial charge >= 0.3 is 0 Å². The van der Waals surface area contributed by atoms with Gasteiger partial charge in [-0.3, -0.25) is 0 Å². The van der Waals surface area contributed by atoms with Crippen LogP contribution in [0.1, 0.15) is 51.1 Å². The lowest BCUT2D eigenvalue weighted by Gasteiger charge is -2.33. The van der Waals surface area contributed by atoms with Crippen molar-refractivity contribution in [1.82, 2.24) is 10.2 Å². The first-order valence-corrected chi connectivity index (χ1v) is 9.24. The Morgan fingerprint density at radius 1 is 1.33 bits per heavy atom. The predicted octanol–water partition coefficient (Wildman–Crippen LogP) is 4.61. The summed E-state index contributed by atoms with van der Waals surface area (Å²) in [7, 11) is 0. The maximum Gasteiger partial charge on any atom is 0.0343 e. The van der Waals surface area contributed by atoms with Gasteiger partial charge in [0.25, 0.3) is 0 Å². The summed E-state index contributed by atoms with van der Waals surface area (Å²) < 4.78 is 1.22. The van der Waals surface area contributed by atoms with Crippen molar-refractivity contribution in [3.05, 3.63) is 34.3 Å². The normalized spacial score (nSPS) is 21.4. The molecule has 1 aliphatic rings. The SMILES string of the molecule is CCNC(CCN1CCCC(CC)C1)c1ccccc1Br. The zero-order chi connectivity index (χ0) is 15.1. The van der Waals surface area contributed by atoms with E-state index in [2.05, 4.69) is 64.3 Å². The van der Waals surface area contributed by atoms with Crippen molar-refractivity contribution in [2.75, 3.05) is 26.2 Å². The van der Waals surface area contributed by atoms with E-state index in [0.717, 1.165) is 12.5 Å². The lowest BCUT2D eigenvalue weighted by molar-refractivity contribution is 0.165. The quantitative estimate of drug-likeness (QED) is 0.770. The summed E-state index contributed by atoms with van der Waals surface area (Å²) in [6.45, 7) is 9.32. The summed E-state index contributed by atoms with van der Waals surface area (Å²) in [6.07, 6.45) is 5.32. The summed E-state index contributed by atoms with van der Waals surface area (Å²) in [5.41, 5.74) is 1.39. The number of halogens is 1. The third kappa shape index (κ3) is 5.08. The van der Waals surface area contributed by atoms with Crippen molar-refractivity contribution in [3.63, 3.8) is 0 Å². The molecule has 0 radical (unpaired) electrons. The third-order valence-electron chi connectivity index (χ3n) is 4.65. The van der Waals surface area contributed by atoms with E-state index in [1.807, 2.05) is 0 Å². The van der Waals surface area contributed by atoms with Gasteiger partial charge in [0.2, 0.25) is 0 Å². The highest BCUT2D eigenvalue weighted by Crippen LogP contribution is 2.26. The zero-order valence-electron chi connectivity index (χ0n) is 13.4. The van der Waals surface area contributed by atoms with Crippen LogP contribution in [0.5, 0.6) is 0 Å². The highest BCUT2D eigenvalue weighted by atomic mass is 79.9. The first-order chi connectivity index (χ1) is 10.2. The minimum Gasteiger partial charge on any atom is -0.310 e. The number of hydrogen-bond acceptors (Lipinski definition) is 2. The largest absolute Gasteiger partial charge is 0.310 e. The first kappa shape index (κ1) is 17.0. The number of piperidine rings is 1. The monoisotopic (exact) mass is 352 g/mol. The Bertz CT molecular complexity index is 421. The minimum atomic E-state index is 0.451. The molecule has 0 aliphatic carbocycles. The average Bonchev–Trinajstić information content (AvgIpc) is 2.52. The Morgan fingerprint density at radius 2 is 2.14 bits per heavy atom. The molecule has 0 spiro atoms. The molecule has 1 fully saturated rings. The molecule has 1 saturated heterocycles. The van der Waals surface area contributed by atoms with Crippen LogP contribution in [0.4, 0.5) is 0 Å². The van der Waals surface area contributed by atoms with E-state index in [-0.39, 0.29) is 0 Å². The molecule has 2 atom stereocenters. The Morgan fingerprint density at radius 3 is 2.86 bits per heavy atom. The van der Waals surface area contributed by atoms with Gasteiger partial charge in [0, 0.05) is 17.1 Å². The molecule has 118 valence electrons. The van der Waals surface area contributed by atoms with Gasteiger partial charge < -0.3 is 10.2 Å². The van der Waals surface area contributed by atoms with Crippen molar-refractivity contribution in [3.8, 4) is 0 Å². The molecule has 1 N–H and O–H groups in total. The standard InChI is InChI=1S/C18H29BrN2/c1-3-15-8-7-12-21(14-15)13-11-18(20-4-2)16-9-5-6-10-17(16)19/h5-6,9-10,15,18,20H,3-4,7-8,11-14H2,1-2H3. The van der Waals surface area contributed by atoms with Crippen LogP contribution in [-0.4, -0.2) is 31.1 Å². The van der Waals surface area contributed by atoms with E-state index in [9.17, 15) is 0 Å². The fourth-order valence-corrected chi connectivity index (χ4v) is 3.93. The van der Waals surface area contributed by atoms with Crippen LogP contribution < -0.4 is 5.32 Å². The number of hydrogen-bond donors (Lipinski definition) is 1. The molecule has 2 unspecified atom stereocenters. The highest BCUT2D eigenvalue weighted by Gasteiger charge is 2.20. The molecule has 0 amide bonds. The lowest BCUT2D eigenvalue weighted by atomic mass is 9.95. The second-order valence-corrected chi connectivity index (χ2v) is 6.99. The maximum absolute atomic E-state index is 3.70. The van der Waals surface area contributed by atoms with Crippen LogP contribution in [0.3, 0.4) is 0 Å². The Kier molecular flexibility index (Phi) is 7.21. The smallest absolute Gasteiger partial charge is 0.0343 e. The van der Waals surface area contributed by atoms with Crippen LogP contribution >= 0.6 is 15.9 Å². The van der Waals surface area contributed by atoms with Crippen molar-refractivity contribution < 1.29 is 0 Å². The van der Waals surface area contributed by atoms with E-state index in [1.165, 1.54) is 55.4 Å². The Balaban J connectivity index is 1.92. The van der Waals surface area contributed by atoms with Crippen molar-refractivity contribution in [2.45, 2.75) is 45.6 Å².